The maximum absolute atomic E-state index is 10.8. The van der Waals surface area contributed by atoms with Crippen molar-refractivity contribution >= 4 is 5.97 Å². The van der Waals surface area contributed by atoms with Gasteiger partial charge in [-0.15, -0.1) is 0 Å². The highest BCUT2D eigenvalue weighted by molar-refractivity contribution is 5.72. The Balaban J connectivity index is 2.91. The van der Waals surface area contributed by atoms with Gasteiger partial charge in [-0.05, 0) is 19.4 Å². The molecule has 0 fully saturated rings. The number of ether oxygens (including phenoxy) is 1. The molecule has 88 valence electrons. The zero-order chi connectivity index (χ0) is 12.1. The Morgan fingerprint density at radius 3 is 2.69 bits per heavy atom. The molecule has 0 saturated carbocycles. The lowest BCUT2D eigenvalue weighted by Crippen LogP contribution is -2.26. The van der Waals surface area contributed by atoms with E-state index in [-0.39, 0.29) is 6.61 Å². The fourth-order valence-electron chi connectivity index (χ4n) is 1.41. The minimum Gasteiger partial charge on any atom is -0.479 e. The third kappa shape index (κ3) is 2.97. The second kappa shape index (κ2) is 5.51. The smallest absolute Gasteiger partial charge is 0.344 e. The van der Waals surface area contributed by atoms with Crippen LogP contribution in [0.25, 0.3) is 0 Å². The van der Waals surface area contributed by atoms with Crippen molar-refractivity contribution in [2.24, 2.45) is 0 Å². The first-order valence-corrected chi connectivity index (χ1v) is 5.18. The Hall–Kier alpha value is -1.55. The molecular formula is C12H16O4. The highest BCUT2D eigenvalue weighted by Crippen LogP contribution is 2.22. The quantitative estimate of drug-likeness (QED) is 0.799. The summed E-state index contributed by atoms with van der Waals surface area (Å²) in [5.41, 5.74) is 1.61. The number of carboxylic acid groups (broad SMARTS) is 1. The minimum absolute atomic E-state index is 0.160. The molecule has 4 nitrogen and oxygen atoms in total. The first-order valence-electron chi connectivity index (χ1n) is 5.18. The van der Waals surface area contributed by atoms with E-state index in [1.165, 1.54) is 0 Å². The van der Waals surface area contributed by atoms with Crippen LogP contribution in [-0.2, 0) is 11.4 Å². The van der Waals surface area contributed by atoms with E-state index >= 15 is 0 Å². The summed E-state index contributed by atoms with van der Waals surface area (Å²) in [6, 6.07) is 5.29. The van der Waals surface area contributed by atoms with E-state index in [0.717, 1.165) is 5.56 Å². The van der Waals surface area contributed by atoms with E-state index < -0.39 is 12.1 Å². The number of aliphatic carboxylic acids is 1. The van der Waals surface area contributed by atoms with Crippen molar-refractivity contribution < 1.29 is 19.7 Å². The predicted octanol–water partition coefficient (Wildman–Crippen LogP) is 1.73. The molecule has 0 spiro atoms. The summed E-state index contributed by atoms with van der Waals surface area (Å²) in [6.45, 7) is 3.48. The van der Waals surface area contributed by atoms with Gasteiger partial charge in [0, 0.05) is 5.56 Å². The molecule has 1 atom stereocenters. The van der Waals surface area contributed by atoms with Gasteiger partial charge < -0.3 is 14.9 Å². The number of hydrogen-bond donors (Lipinski definition) is 2. The van der Waals surface area contributed by atoms with E-state index in [4.69, 9.17) is 14.9 Å². The molecule has 4 heteroatoms. The number of aliphatic hydroxyl groups is 1. The van der Waals surface area contributed by atoms with Crippen molar-refractivity contribution in [2.45, 2.75) is 33.0 Å². The van der Waals surface area contributed by atoms with Gasteiger partial charge in [0.1, 0.15) is 5.75 Å². The van der Waals surface area contributed by atoms with Crippen molar-refractivity contribution in [2.75, 3.05) is 0 Å². The second-order valence-electron chi connectivity index (χ2n) is 3.62. The molecule has 1 aromatic rings. The van der Waals surface area contributed by atoms with Gasteiger partial charge in [-0.1, -0.05) is 24.6 Å². The topological polar surface area (TPSA) is 66.8 Å². The SMILES string of the molecule is CCC(Oc1ccc(C)cc1CO)C(=O)O. The Morgan fingerprint density at radius 2 is 2.19 bits per heavy atom. The molecule has 1 rings (SSSR count). The van der Waals surface area contributed by atoms with E-state index in [9.17, 15) is 4.79 Å². The van der Waals surface area contributed by atoms with Crippen LogP contribution < -0.4 is 4.74 Å². The fraction of sp³-hybridized carbons (Fsp3) is 0.417. The fourth-order valence-corrected chi connectivity index (χ4v) is 1.41. The number of rotatable bonds is 5. The average molecular weight is 224 g/mol. The van der Waals surface area contributed by atoms with Gasteiger partial charge >= 0.3 is 5.97 Å². The van der Waals surface area contributed by atoms with Gasteiger partial charge in [-0.2, -0.15) is 0 Å². The van der Waals surface area contributed by atoms with Crippen LogP contribution in [0.2, 0.25) is 0 Å². The highest BCUT2D eigenvalue weighted by Gasteiger charge is 2.18. The second-order valence-corrected chi connectivity index (χ2v) is 3.62. The maximum atomic E-state index is 10.8. The molecule has 16 heavy (non-hydrogen) atoms. The summed E-state index contributed by atoms with van der Waals surface area (Å²) in [5, 5.41) is 18.0. The van der Waals surface area contributed by atoms with Crippen LogP contribution in [-0.4, -0.2) is 22.3 Å². The van der Waals surface area contributed by atoms with Gasteiger partial charge in [0.2, 0.25) is 0 Å². The highest BCUT2D eigenvalue weighted by atomic mass is 16.5. The van der Waals surface area contributed by atoms with Gasteiger partial charge in [0.15, 0.2) is 6.10 Å². The molecule has 0 aliphatic heterocycles. The number of benzene rings is 1. The number of hydrogen-bond acceptors (Lipinski definition) is 3. The molecule has 0 heterocycles. The van der Waals surface area contributed by atoms with E-state index in [2.05, 4.69) is 0 Å². The lowest BCUT2D eigenvalue weighted by Gasteiger charge is -2.15. The normalized spacial score (nSPS) is 12.2. The molecular weight excluding hydrogens is 208 g/mol. The predicted molar refractivity (Wildman–Crippen MR) is 59.4 cm³/mol. The standard InChI is InChI=1S/C12H16O4/c1-3-10(12(14)15)16-11-5-4-8(2)6-9(11)7-13/h4-6,10,13H,3,7H2,1-2H3,(H,14,15). The van der Waals surface area contributed by atoms with Crippen LogP contribution in [0.1, 0.15) is 24.5 Å². The number of aryl methyl sites for hydroxylation is 1. The van der Waals surface area contributed by atoms with Crippen LogP contribution in [0.4, 0.5) is 0 Å². The zero-order valence-electron chi connectivity index (χ0n) is 9.43. The van der Waals surface area contributed by atoms with Crippen LogP contribution >= 0.6 is 0 Å². The average Bonchev–Trinajstić information content (AvgIpc) is 2.26. The summed E-state index contributed by atoms with van der Waals surface area (Å²) >= 11 is 0. The largest absolute Gasteiger partial charge is 0.479 e. The zero-order valence-corrected chi connectivity index (χ0v) is 9.43. The third-order valence-electron chi connectivity index (χ3n) is 2.30. The molecule has 0 amide bonds. The molecule has 0 aliphatic carbocycles. The Bertz CT molecular complexity index is 373. The van der Waals surface area contributed by atoms with Crippen LogP contribution in [0, 0.1) is 6.92 Å². The lowest BCUT2D eigenvalue weighted by atomic mass is 10.1. The van der Waals surface area contributed by atoms with Crippen molar-refractivity contribution in [3.63, 3.8) is 0 Å². The third-order valence-corrected chi connectivity index (χ3v) is 2.30. The molecule has 0 aliphatic rings. The molecule has 2 N–H and O–H groups in total. The maximum Gasteiger partial charge on any atom is 0.344 e. The van der Waals surface area contributed by atoms with E-state index in [1.807, 2.05) is 13.0 Å². The van der Waals surface area contributed by atoms with Gasteiger partial charge in [-0.25, -0.2) is 4.79 Å². The first-order chi connectivity index (χ1) is 7.58. The molecule has 1 aromatic carbocycles. The van der Waals surface area contributed by atoms with Gasteiger partial charge in [0.05, 0.1) is 6.61 Å². The summed E-state index contributed by atoms with van der Waals surface area (Å²) in [4.78, 5) is 10.8. The lowest BCUT2D eigenvalue weighted by molar-refractivity contribution is -0.145. The monoisotopic (exact) mass is 224 g/mol. The first kappa shape index (κ1) is 12.5. The van der Waals surface area contributed by atoms with Crippen molar-refractivity contribution in [1.82, 2.24) is 0 Å². The van der Waals surface area contributed by atoms with E-state index in [0.29, 0.717) is 17.7 Å². The molecule has 1 unspecified atom stereocenters. The number of aliphatic hydroxyl groups excluding tert-OH is 1. The number of carboxylic acids is 1. The Kier molecular flexibility index (Phi) is 4.31. The summed E-state index contributed by atoms with van der Waals surface area (Å²) in [6.07, 6.45) is -0.485. The van der Waals surface area contributed by atoms with E-state index in [1.54, 1.807) is 19.1 Å². The molecule has 0 radical (unpaired) electrons. The van der Waals surface area contributed by atoms with Crippen LogP contribution in [0.3, 0.4) is 0 Å². The molecule has 0 aromatic heterocycles. The van der Waals surface area contributed by atoms with Gasteiger partial charge in [0.25, 0.3) is 0 Å². The summed E-state index contributed by atoms with van der Waals surface area (Å²) in [5.74, 6) is -0.561. The van der Waals surface area contributed by atoms with Crippen molar-refractivity contribution in [3.8, 4) is 5.75 Å². The van der Waals surface area contributed by atoms with Gasteiger partial charge in [-0.3, -0.25) is 0 Å². The van der Waals surface area contributed by atoms with Crippen molar-refractivity contribution in [3.05, 3.63) is 29.3 Å². The number of carbonyl (C=O) groups is 1. The summed E-state index contributed by atoms with van der Waals surface area (Å²) in [7, 11) is 0. The molecule has 0 saturated heterocycles. The Labute approximate surface area is 94.5 Å². The summed E-state index contributed by atoms with van der Waals surface area (Å²) < 4.78 is 5.34. The molecule has 0 bridgehead atoms. The van der Waals surface area contributed by atoms with Crippen LogP contribution in [0.5, 0.6) is 5.75 Å². The van der Waals surface area contributed by atoms with Crippen LogP contribution in [0.15, 0.2) is 18.2 Å². The van der Waals surface area contributed by atoms with Crippen molar-refractivity contribution in [1.29, 1.82) is 0 Å². The Morgan fingerprint density at radius 1 is 1.50 bits per heavy atom. The minimum atomic E-state index is -0.994.